The SMILES string of the molecule is CCCCCCCCCCCCCCCCCCCC(=O)OC(COC(=O)NCCCCCCCCCCCCCCCC)C(=O)OCCOCCOC. The highest BCUT2D eigenvalue weighted by molar-refractivity contribution is 5.80. The summed E-state index contributed by atoms with van der Waals surface area (Å²) >= 11 is 0. The lowest BCUT2D eigenvalue weighted by molar-refractivity contribution is -0.171. The van der Waals surface area contributed by atoms with E-state index >= 15 is 0 Å². The Morgan fingerprint density at radius 1 is 0.463 bits per heavy atom. The van der Waals surface area contributed by atoms with Crippen molar-refractivity contribution in [3.05, 3.63) is 0 Å². The maximum atomic E-state index is 12.7. The molecule has 1 amide bonds. The van der Waals surface area contributed by atoms with Gasteiger partial charge in [-0.3, -0.25) is 4.79 Å². The van der Waals surface area contributed by atoms with Crippen molar-refractivity contribution in [2.45, 2.75) is 225 Å². The van der Waals surface area contributed by atoms with Crippen molar-refractivity contribution in [1.82, 2.24) is 5.32 Å². The van der Waals surface area contributed by atoms with Crippen LogP contribution in [0.1, 0.15) is 219 Å². The van der Waals surface area contributed by atoms with Gasteiger partial charge in [-0.1, -0.05) is 200 Å². The predicted molar refractivity (Wildman–Crippen MR) is 222 cm³/mol. The van der Waals surface area contributed by atoms with E-state index in [0.29, 0.717) is 26.2 Å². The Bertz CT molecular complexity index is 811. The number of carbonyl (C=O) groups excluding carboxylic acids is 3. The molecular formula is C45H87NO8. The monoisotopic (exact) mass is 770 g/mol. The first kappa shape index (κ1) is 52.1. The molecule has 1 unspecified atom stereocenters. The number of rotatable bonds is 43. The summed E-state index contributed by atoms with van der Waals surface area (Å²) in [7, 11) is 1.58. The third-order valence-corrected chi connectivity index (χ3v) is 10.1. The van der Waals surface area contributed by atoms with Gasteiger partial charge in [0.05, 0.1) is 19.8 Å². The van der Waals surface area contributed by atoms with Gasteiger partial charge in [-0.15, -0.1) is 0 Å². The first-order valence-corrected chi connectivity index (χ1v) is 22.9. The summed E-state index contributed by atoms with van der Waals surface area (Å²) in [5.41, 5.74) is 0. The van der Waals surface area contributed by atoms with E-state index in [-0.39, 0.29) is 19.6 Å². The van der Waals surface area contributed by atoms with Crippen LogP contribution >= 0.6 is 0 Å². The van der Waals surface area contributed by atoms with E-state index in [1.54, 1.807) is 7.11 Å². The topological polar surface area (TPSA) is 109 Å². The van der Waals surface area contributed by atoms with Crippen molar-refractivity contribution < 1.29 is 38.1 Å². The quantitative estimate of drug-likeness (QED) is 0.0371. The third-order valence-electron chi connectivity index (χ3n) is 10.1. The number of ether oxygens (including phenoxy) is 5. The smallest absolute Gasteiger partial charge is 0.407 e. The Morgan fingerprint density at radius 2 is 0.852 bits per heavy atom. The van der Waals surface area contributed by atoms with Crippen LogP contribution in [-0.2, 0) is 33.3 Å². The van der Waals surface area contributed by atoms with E-state index in [0.717, 1.165) is 32.1 Å². The van der Waals surface area contributed by atoms with Crippen LogP contribution in [-0.4, -0.2) is 70.8 Å². The number of methoxy groups -OCH3 is 1. The minimum Gasteiger partial charge on any atom is -0.460 e. The summed E-state index contributed by atoms with van der Waals surface area (Å²) < 4.78 is 26.2. The van der Waals surface area contributed by atoms with Gasteiger partial charge in [-0.05, 0) is 12.8 Å². The summed E-state index contributed by atoms with van der Waals surface area (Å²) in [4.78, 5) is 37.7. The van der Waals surface area contributed by atoms with E-state index in [9.17, 15) is 14.4 Å². The molecule has 0 saturated heterocycles. The first-order chi connectivity index (χ1) is 26.5. The summed E-state index contributed by atoms with van der Waals surface area (Å²) in [5.74, 6) is -1.23. The molecule has 0 fully saturated rings. The van der Waals surface area contributed by atoms with E-state index < -0.39 is 30.7 Å². The maximum Gasteiger partial charge on any atom is 0.407 e. The molecule has 1 N–H and O–H groups in total. The zero-order chi connectivity index (χ0) is 39.4. The Morgan fingerprint density at radius 3 is 1.28 bits per heavy atom. The fourth-order valence-electron chi connectivity index (χ4n) is 6.61. The van der Waals surface area contributed by atoms with Crippen LogP contribution in [0.15, 0.2) is 0 Å². The lowest BCUT2D eigenvalue weighted by Gasteiger charge is -2.17. The number of nitrogens with one attached hydrogen (secondary N) is 1. The molecular weight excluding hydrogens is 682 g/mol. The van der Waals surface area contributed by atoms with Gasteiger partial charge in [0, 0.05) is 20.1 Å². The second-order valence-electron chi connectivity index (χ2n) is 15.3. The highest BCUT2D eigenvalue weighted by Crippen LogP contribution is 2.16. The standard InChI is InChI=1S/C45H87NO8/c1-4-6-8-10-12-14-16-18-20-21-22-23-25-27-29-31-33-35-43(47)54-42(44(48)52-40-39-51-38-37-50-3)41-53-45(49)46-36-34-32-30-28-26-24-19-17-15-13-11-9-7-5-2/h42H,4-41H2,1-3H3,(H,46,49). The Kier molecular flexibility index (Phi) is 42.3. The zero-order valence-electron chi connectivity index (χ0n) is 35.7. The van der Waals surface area contributed by atoms with Gasteiger partial charge in [0.15, 0.2) is 0 Å². The summed E-state index contributed by atoms with van der Waals surface area (Å²) in [5, 5.41) is 2.75. The molecule has 9 nitrogen and oxygen atoms in total. The minimum atomic E-state index is -1.31. The van der Waals surface area contributed by atoms with Crippen molar-refractivity contribution in [3.8, 4) is 0 Å². The summed E-state index contributed by atoms with van der Waals surface area (Å²) in [6, 6.07) is 0. The Hall–Kier alpha value is -1.87. The molecule has 0 aliphatic carbocycles. The molecule has 0 saturated carbocycles. The Balaban J connectivity index is 4.11. The summed E-state index contributed by atoms with van der Waals surface area (Å²) in [6.45, 7) is 5.66. The van der Waals surface area contributed by atoms with E-state index in [2.05, 4.69) is 19.2 Å². The molecule has 9 heteroatoms. The van der Waals surface area contributed by atoms with Crippen LogP contribution in [0.2, 0.25) is 0 Å². The van der Waals surface area contributed by atoms with Gasteiger partial charge >= 0.3 is 18.0 Å². The number of amides is 1. The van der Waals surface area contributed by atoms with E-state index in [1.165, 1.54) is 161 Å². The van der Waals surface area contributed by atoms with Gasteiger partial charge in [0.25, 0.3) is 0 Å². The number of hydrogen-bond acceptors (Lipinski definition) is 8. The highest BCUT2D eigenvalue weighted by atomic mass is 16.6. The molecule has 0 rings (SSSR count). The molecule has 0 radical (unpaired) electrons. The normalized spacial score (nSPS) is 11.8. The van der Waals surface area contributed by atoms with Crippen molar-refractivity contribution >= 4 is 18.0 Å². The molecule has 0 bridgehead atoms. The largest absolute Gasteiger partial charge is 0.460 e. The molecule has 0 aliphatic rings. The first-order valence-electron chi connectivity index (χ1n) is 22.9. The average Bonchev–Trinajstić information content (AvgIpc) is 3.17. The van der Waals surface area contributed by atoms with Crippen LogP contribution in [0.4, 0.5) is 4.79 Å². The van der Waals surface area contributed by atoms with Crippen molar-refractivity contribution in [1.29, 1.82) is 0 Å². The maximum absolute atomic E-state index is 12.7. The molecule has 0 aliphatic heterocycles. The van der Waals surface area contributed by atoms with Crippen LogP contribution < -0.4 is 5.32 Å². The number of carbonyl (C=O) groups is 3. The molecule has 54 heavy (non-hydrogen) atoms. The fourth-order valence-corrected chi connectivity index (χ4v) is 6.61. The van der Waals surface area contributed by atoms with Gasteiger partial charge in [0.1, 0.15) is 13.2 Å². The molecule has 0 heterocycles. The van der Waals surface area contributed by atoms with E-state index in [1.807, 2.05) is 0 Å². The van der Waals surface area contributed by atoms with Gasteiger partial charge in [-0.2, -0.15) is 0 Å². The molecule has 0 spiro atoms. The number of esters is 2. The van der Waals surface area contributed by atoms with Gasteiger partial charge in [0.2, 0.25) is 6.10 Å². The Labute approximate surface area is 332 Å². The zero-order valence-corrected chi connectivity index (χ0v) is 35.7. The van der Waals surface area contributed by atoms with E-state index in [4.69, 9.17) is 23.7 Å². The predicted octanol–water partition coefficient (Wildman–Crippen LogP) is 12.4. The van der Waals surface area contributed by atoms with Gasteiger partial charge < -0.3 is 29.0 Å². The number of hydrogen-bond donors (Lipinski definition) is 1. The second-order valence-corrected chi connectivity index (χ2v) is 15.3. The molecule has 320 valence electrons. The number of alkyl carbamates (subject to hydrolysis) is 1. The summed E-state index contributed by atoms with van der Waals surface area (Å²) in [6.07, 6.45) is 37.7. The molecule has 0 aromatic heterocycles. The van der Waals surface area contributed by atoms with Crippen molar-refractivity contribution in [3.63, 3.8) is 0 Å². The molecule has 1 atom stereocenters. The van der Waals surface area contributed by atoms with Crippen LogP contribution in [0.25, 0.3) is 0 Å². The lowest BCUT2D eigenvalue weighted by atomic mass is 10.0. The third kappa shape index (κ3) is 39.8. The van der Waals surface area contributed by atoms with Crippen LogP contribution in [0.3, 0.4) is 0 Å². The minimum absolute atomic E-state index is 0.00110. The van der Waals surface area contributed by atoms with Gasteiger partial charge in [-0.25, -0.2) is 9.59 Å². The second kappa shape index (κ2) is 43.9. The van der Waals surface area contributed by atoms with Crippen molar-refractivity contribution in [2.75, 3.05) is 46.7 Å². The van der Waals surface area contributed by atoms with Crippen LogP contribution in [0, 0.1) is 0 Å². The average molecular weight is 770 g/mol. The van der Waals surface area contributed by atoms with Crippen LogP contribution in [0.5, 0.6) is 0 Å². The van der Waals surface area contributed by atoms with Crippen molar-refractivity contribution in [2.24, 2.45) is 0 Å². The lowest BCUT2D eigenvalue weighted by Crippen LogP contribution is -2.37. The highest BCUT2D eigenvalue weighted by Gasteiger charge is 2.26. The number of unbranched alkanes of at least 4 members (excludes halogenated alkanes) is 29. The molecule has 0 aromatic rings. The fraction of sp³-hybridized carbons (Fsp3) is 0.933. The molecule has 0 aromatic carbocycles.